The number of benzene rings is 1. The Morgan fingerprint density at radius 3 is 2.59 bits per heavy atom. The Kier molecular flexibility index (Phi) is 7.76. The normalized spacial score (nSPS) is 9.18. The minimum Gasteiger partial charge on any atom is -0.493 e. The molecule has 0 aliphatic heterocycles. The van der Waals surface area contributed by atoms with E-state index in [-0.39, 0.29) is 5.75 Å². The highest BCUT2D eigenvalue weighted by Crippen LogP contribution is 2.21. The van der Waals surface area contributed by atoms with E-state index in [4.69, 9.17) is 9.84 Å². The molecule has 1 N–H and O–H groups in total. The zero-order valence-corrected chi connectivity index (χ0v) is 10.5. The average Bonchev–Trinajstić information content (AvgIpc) is 2.31. The molecular formula is C13H19FO3. The van der Waals surface area contributed by atoms with Gasteiger partial charge in [0.05, 0.1) is 6.61 Å². The predicted octanol–water partition coefficient (Wildman–Crippen LogP) is 3.73. The first-order chi connectivity index (χ1) is 8.16. The van der Waals surface area contributed by atoms with Gasteiger partial charge in [-0.2, -0.15) is 0 Å². The summed E-state index contributed by atoms with van der Waals surface area (Å²) in [5, 5.41) is 8.78. The lowest BCUT2D eigenvalue weighted by molar-refractivity contribution is 0.0687. The van der Waals surface area contributed by atoms with Gasteiger partial charge in [-0.25, -0.2) is 9.18 Å². The number of halogens is 1. The van der Waals surface area contributed by atoms with E-state index >= 15 is 0 Å². The van der Waals surface area contributed by atoms with Gasteiger partial charge >= 0.3 is 5.97 Å². The van der Waals surface area contributed by atoms with Gasteiger partial charge in [-0.05, 0) is 18.6 Å². The van der Waals surface area contributed by atoms with Gasteiger partial charge in [0.1, 0.15) is 17.1 Å². The van der Waals surface area contributed by atoms with Crippen LogP contribution in [0, 0.1) is 5.82 Å². The zero-order valence-electron chi connectivity index (χ0n) is 10.5. The molecule has 96 valence electrons. The number of hydrogen-bond acceptors (Lipinski definition) is 2. The van der Waals surface area contributed by atoms with Crippen LogP contribution in [-0.4, -0.2) is 17.7 Å². The summed E-state index contributed by atoms with van der Waals surface area (Å²) in [4.78, 5) is 10.8. The number of rotatable bonds is 5. The van der Waals surface area contributed by atoms with Gasteiger partial charge in [-0.15, -0.1) is 0 Å². The second-order valence-corrected chi connectivity index (χ2v) is 3.12. The molecular weight excluding hydrogens is 223 g/mol. The summed E-state index contributed by atoms with van der Waals surface area (Å²) < 4.78 is 18.3. The molecule has 3 nitrogen and oxygen atoms in total. The minimum atomic E-state index is -1.31. The fourth-order valence-electron chi connectivity index (χ4n) is 1.16. The Morgan fingerprint density at radius 1 is 1.41 bits per heavy atom. The molecule has 0 saturated heterocycles. The Bertz CT molecular complexity index is 351. The Hall–Kier alpha value is -1.58. The topological polar surface area (TPSA) is 46.5 Å². The maximum absolute atomic E-state index is 13.1. The standard InChI is InChI=1S/C11H13FO3.C2H6/c1-2-3-7-15-9-6-4-5-8(12)10(9)11(13)14;1-2/h4-6H,2-3,7H2,1H3,(H,13,14);1-2H3. The summed E-state index contributed by atoms with van der Waals surface area (Å²) in [6, 6.07) is 4.00. The maximum Gasteiger partial charge on any atom is 0.342 e. The summed E-state index contributed by atoms with van der Waals surface area (Å²) in [5.74, 6) is -1.98. The van der Waals surface area contributed by atoms with Crippen molar-refractivity contribution in [3.05, 3.63) is 29.6 Å². The number of carboxylic acids is 1. The number of aromatic carboxylic acids is 1. The monoisotopic (exact) mass is 242 g/mol. The van der Waals surface area contributed by atoms with Crippen molar-refractivity contribution in [2.45, 2.75) is 33.6 Å². The van der Waals surface area contributed by atoms with Gasteiger partial charge in [0.25, 0.3) is 0 Å². The van der Waals surface area contributed by atoms with Crippen molar-refractivity contribution >= 4 is 5.97 Å². The summed E-state index contributed by atoms with van der Waals surface area (Å²) in [5.41, 5.74) is -0.395. The molecule has 0 aliphatic carbocycles. The SMILES string of the molecule is CC.CCCCOc1cccc(F)c1C(=O)O. The van der Waals surface area contributed by atoms with Crippen LogP contribution < -0.4 is 4.74 Å². The van der Waals surface area contributed by atoms with E-state index in [1.807, 2.05) is 20.8 Å². The van der Waals surface area contributed by atoms with E-state index < -0.39 is 17.3 Å². The zero-order chi connectivity index (χ0) is 13.3. The van der Waals surface area contributed by atoms with Crippen LogP contribution in [0.4, 0.5) is 4.39 Å². The minimum absolute atomic E-state index is 0.0935. The van der Waals surface area contributed by atoms with Crippen molar-refractivity contribution in [2.75, 3.05) is 6.61 Å². The number of carbonyl (C=O) groups is 1. The van der Waals surface area contributed by atoms with Gasteiger partial charge in [-0.1, -0.05) is 33.3 Å². The number of ether oxygens (including phenoxy) is 1. The fraction of sp³-hybridized carbons (Fsp3) is 0.462. The highest BCUT2D eigenvalue weighted by molar-refractivity contribution is 5.91. The fourth-order valence-corrected chi connectivity index (χ4v) is 1.16. The molecule has 0 unspecified atom stereocenters. The van der Waals surface area contributed by atoms with E-state index in [2.05, 4.69) is 0 Å². The molecule has 0 saturated carbocycles. The quantitative estimate of drug-likeness (QED) is 0.800. The van der Waals surface area contributed by atoms with Crippen LogP contribution in [0.2, 0.25) is 0 Å². The summed E-state index contributed by atoms with van der Waals surface area (Å²) in [7, 11) is 0. The lowest BCUT2D eigenvalue weighted by Crippen LogP contribution is -2.06. The van der Waals surface area contributed by atoms with Crippen LogP contribution >= 0.6 is 0 Å². The highest BCUT2D eigenvalue weighted by Gasteiger charge is 2.16. The van der Waals surface area contributed by atoms with Crippen LogP contribution in [-0.2, 0) is 0 Å². The smallest absolute Gasteiger partial charge is 0.342 e. The molecule has 0 aliphatic rings. The second kappa shape index (κ2) is 8.56. The van der Waals surface area contributed by atoms with Gasteiger partial charge in [-0.3, -0.25) is 0 Å². The lowest BCUT2D eigenvalue weighted by atomic mass is 10.2. The Morgan fingerprint density at radius 2 is 2.06 bits per heavy atom. The van der Waals surface area contributed by atoms with Crippen molar-refractivity contribution in [2.24, 2.45) is 0 Å². The first-order valence-electron chi connectivity index (χ1n) is 5.81. The first-order valence-corrected chi connectivity index (χ1v) is 5.81. The van der Waals surface area contributed by atoms with Crippen molar-refractivity contribution in [3.8, 4) is 5.75 Å². The number of hydrogen-bond donors (Lipinski definition) is 1. The van der Waals surface area contributed by atoms with Gasteiger partial charge in [0, 0.05) is 0 Å². The van der Waals surface area contributed by atoms with Gasteiger partial charge < -0.3 is 9.84 Å². The molecule has 0 atom stereocenters. The third kappa shape index (κ3) is 4.85. The molecule has 4 heteroatoms. The molecule has 1 aromatic rings. The predicted molar refractivity (Wildman–Crippen MR) is 65.1 cm³/mol. The van der Waals surface area contributed by atoms with E-state index in [0.717, 1.165) is 18.9 Å². The second-order valence-electron chi connectivity index (χ2n) is 3.12. The molecule has 1 aromatic carbocycles. The largest absolute Gasteiger partial charge is 0.493 e. The Balaban J connectivity index is 0.00000121. The van der Waals surface area contributed by atoms with Gasteiger partial charge in [0.2, 0.25) is 0 Å². The number of carboxylic acid groups (broad SMARTS) is 1. The summed E-state index contributed by atoms with van der Waals surface area (Å²) in [6.07, 6.45) is 1.76. The molecule has 1 rings (SSSR count). The molecule has 0 amide bonds. The van der Waals surface area contributed by atoms with Crippen LogP contribution in [0.5, 0.6) is 5.75 Å². The van der Waals surface area contributed by atoms with Crippen molar-refractivity contribution < 1.29 is 19.0 Å². The van der Waals surface area contributed by atoms with E-state index in [1.165, 1.54) is 12.1 Å². The van der Waals surface area contributed by atoms with Crippen LogP contribution in [0.1, 0.15) is 44.0 Å². The molecule has 0 heterocycles. The highest BCUT2D eigenvalue weighted by atomic mass is 19.1. The van der Waals surface area contributed by atoms with Crippen molar-refractivity contribution in [3.63, 3.8) is 0 Å². The van der Waals surface area contributed by atoms with E-state index in [1.54, 1.807) is 0 Å². The van der Waals surface area contributed by atoms with Crippen molar-refractivity contribution in [1.29, 1.82) is 0 Å². The first kappa shape index (κ1) is 15.4. The molecule has 17 heavy (non-hydrogen) atoms. The molecule has 0 spiro atoms. The van der Waals surface area contributed by atoms with Crippen LogP contribution in [0.15, 0.2) is 18.2 Å². The van der Waals surface area contributed by atoms with Crippen molar-refractivity contribution in [1.82, 2.24) is 0 Å². The number of unbranched alkanes of at least 4 members (excludes halogenated alkanes) is 1. The van der Waals surface area contributed by atoms with E-state index in [9.17, 15) is 9.18 Å². The van der Waals surface area contributed by atoms with E-state index in [0.29, 0.717) is 6.61 Å². The average molecular weight is 242 g/mol. The van der Waals surface area contributed by atoms with Gasteiger partial charge in [0.15, 0.2) is 0 Å². The summed E-state index contributed by atoms with van der Waals surface area (Å²) in [6.45, 7) is 6.40. The third-order valence-corrected chi connectivity index (χ3v) is 1.94. The third-order valence-electron chi connectivity index (χ3n) is 1.94. The van der Waals surface area contributed by atoms with Crippen LogP contribution in [0.25, 0.3) is 0 Å². The molecule has 0 radical (unpaired) electrons. The maximum atomic E-state index is 13.1. The summed E-state index contributed by atoms with van der Waals surface area (Å²) >= 11 is 0. The molecule has 0 fully saturated rings. The molecule has 0 aromatic heterocycles. The van der Waals surface area contributed by atoms with Crippen LogP contribution in [0.3, 0.4) is 0 Å². The molecule has 0 bridgehead atoms. The lowest BCUT2D eigenvalue weighted by Gasteiger charge is -2.08. The Labute approximate surface area is 101 Å².